The van der Waals surface area contributed by atoms with Crippen molar-refractivity contribution in [3.05, 3.63) is 39.6 Å². The van der Waals surface area contributed by atoms with Crippen LogP contribution < -0.4 is 19.7 Å². The van der Waals surface area contributed by atoms with Crippen molar-refractivity contribution >= 4 is 27.3 Å². The Bertz CT molecular complexity index is 931. The Morgan fingerprint density at radius 1 is 1.04 bits per heavy atom. The fourth-order valence-electron chi connectivity index (χ4n) is 2.99. The van der Waals surface area contributed by atoms with Crippen molar-refractivity contribution in [2.45, 2.75) is 30.6 Å². The number of sulfonamides is 1. The molecule has 9 heteroatoms. The first-order chi connectivity index (χ1) is 12.5. The minimum atomic E-state index is -3.92. The first-order valence-electron chi connectivity index (χ1n) is 8.36. The van der Waals surface area contributed by atoms with E-state index < -0.39 is 15.9 Å². The van der Waals surface area contributed by atoms with E-state index in [4.69, 9.17) is 9.47 Å². The van der Waals surface area contributed by atoms with Crippen LogP contribution in [0.1, 0.15) is 33.0 Å². The number of aryl methyl sites for hydroxylation is 2. The third kappa shape index (κ3) is 3.42. The van der Waals surface area contributed by atoms with Gasteiger partial charge in [-0.25, -0.2) is 8.42 Å². The van der Waals surface area contributed by atoms with E-state index in [1.807, 2.05) is 6.07 Å². The average molecular weight is 394 g/mol. The summed E-state index contributed by atoms with van der Waals surface area (Å²) >= 11 is 1.41. The zero-order valence-corrected chi connectivity index (χ0v) is 15.5. The standard InChI is InChI=1S/C17H18N2O5S2/c20-17(16-9-11-3-1-4-15(11)25-16)18-19-26(21,22)12-5-6-13-14(10-12)24-8-2-7-23-13/h5-6,9-10,19H,1-4,7-8H2,(H,18,20). The lowest BCUT2D eigenvalue weighted by Crippen LogP contribution is -2.41. The van der Waals surface area contributed by atoms with Crippen LogP contribution >= 0.6 is 11.3 Å². The van der Waals surface area contributed by atoms with E-state index in [2.05, 4.69) is 10.3 Å². The summed E-state index contributed by atoms with van der Waals surface area (Å²) in [6.07, 6.45) is 3.80. The number of amides is 1. The summed E-state index contributed by atoms with van der Waals surface area (Å²) in [6.45, 7) is 0.988. The number of carbonyl (C=O) groups is 1. The minimum Gasteiger partial charge on any atom is -0.490 e. The molecule has 1 aliphatic carbocycles. The molecule has 1 aromatic carbocycles. The van der Waals surface area contributed by atoms with Crippen LogP contribution in [0.3, 0.4) is 0 Å². The summed E-state index contributed by atoms with van der Waals surface area (Å²) in [5.74, 6) is 0.437. The molecule has 0 fully saturated rings. The molecule has 4 rings (SSSR count). The van der Waals surface area contributed by atoms with Crippen LogP contribution in [-0.4, -0.2) is 27.5 Å². The van der Waals surface area contributed by atoms with E-state index in [9.17, 15) is 13.2 Å². The van der Waals surface area contributed by atoms with Gasteiger partial charge in [0.25, 0.3) is 15.9 Å². The number of ether oxygens (including phenoxy) is 2. The molecule has 1 aromatic heterocycles. The molecule has 0 spiro atoms. The SMILES string of the molecule is O=C(NNS(=O)(=O)c1ccc2c(c1)OCCCO2)c1cc2c(s1)CCC2. The van der Waals surface area contributed by atoms with Crippen molar-refractivity contribution in [3.63, 3.8) is 0 Å². The Morgan fingerprint density at radius 3 is 2.65 bits per heavy atom. The zero-order chi connectivity index (χ0) is 18.1. The molecular formula is C17H18N2O5S2. The second-order valence-electron chi connectivity index (χ2n) is 6.13. The lowest BCUT2D eigenvalue weighted by molar-refractivity contribution is 0.0949. The van der Waals surface area contributed by atoms with Crippen LogP contribution in [0.2, 0.25) is 0 Å². The lowest BCUT2D eigenvalue weighted by Gasteiger charge is -2.11. The van der Waals surface area contributed by atoms with Crippen molar-refractivity contribution < 1.29 is 22.7 Å². The van der Waals surface area contributed by atoms with Crippen molar-refractivity contribution in [1.82, 2.24) is 10.3 Å². The molecule has 26 heavy (non-hydrogen) atoms. The summed E-state index contributed by atoms with van der Waals surface area (Å²) in [5, 5.41) is 0. The number of hydrogen-bond donors (Lipinski definition) is 2. The van der Waals surface area contributed by atoms with Gasteiger partial charge < -0.3 is 9.47 Å². The summed E-state index contributed by atoms with van der Waals surface area (Å²) in [6, 6.07) is 6.21. The largest absolute Gasteiger partial charge is 0.490 e. The number of benzene rings is 1. The Labute approximate surface area is 155 Å². The smallest absolute Gasteiger partial charge is 0.276 e. The highest BCUT2D eigenvalue weighted by Crippen LogP contribution is 2.32. The molecule has 2 N–H and O–H groups in total. The van der Waals surface area contributed by atoms with Gasteiger partial charge in [-0.05, 0) is 43.0 Å². The highest BCUT2D eigenvalue weighted by Gasteiger charge is 2.22. The van der Waals surface area contributed by atoms with E-state index in [0.717, 1.165) is 25.7 Å². The fraction of sp³-hybridized carbons (Fsp3) is 0.353. The van der Waals surface area contributed by atoms with Crippen molar-refractivity contribution in [2.24, 2.45) is 0 Å². The van der Waals surface area contributed by atoms with Gasteiger partial charge in [0.15, 0.2) is 11.5 Å². The van der Waals surface area contributed by atoms with E-state index in [1.54, 1.807) is 6.07 Å². The Kier molecular flexibility index (Phi) is 4.60. The van der Waals surface area contributed by atoms with Crippen molar-refractivity contribution in [1.29, 1.82) is 0 Å². The molecule has 2 heterocycles. The number of hydrazine groups is 1. The van der Waals surface area contributed by atoms with Crippen LogP contribution in [-0.2, 0) is 22.9 Å². The topological polar surface area (TPSA) is 93.7 Å². The lowest BCUT2D eigenvalue weighted by atomic mass is 10.2. The van der Waals surface area contributed by atoms with Crippen LogP contribution in [0.4, 0.5) is 0 Å². The van der Waals surface area contributed by atoms with E-state index in [0.29, 0.717) is 29.6 Å². The normalized spacial score (nSPS) is 16.0. The molecule has 0 bridgehead atoms. The highest BCUT2D eigenvalue weighted by atomic mass is 32.2. The quantitative estimate of drug-likeness (QED) is 0.774. The third-order valence-corrected chi connectivity index (χ3v) is 6.78. The van der Waals surface area contributed by atoms with Crippen LogP contribution in [0.25, 0.3) is 0 Å². The van der Waals surface area contributed by atoms with Gasteiger partial charge in [-0.3, -0.25) is 10.2 Å². The van der Waals surface area contributed by atoms with Gasteiger partial charge in [-0.2, -0.15) is 0 Å². The first kappa shape index (κ1) is 17.3. The number of hydrogen-bond acceptors (Lipinski definition) is 6. The summed E-state index contributed by atoms with van der Waals surface area (Å²) < 4.78 is 35.9. The number of nitrogens with one attached hydrogen (secondary N) is 2. The molecule has 2 aliphatic rings. The second-order valence-corrected chi connectivity index (χ2v) is 8.95. The molecule has 0 saturated carbocycles. The summed E-state index contributed by atoms with van der Waals surface area (Å²) in [4.78, 5) is 16.1. The monoisotopic (exact) mass is 394 g/mol. The fourth-order valence-corrected chi connectivity index (χ4v) is 4.99. The number of thiophene rings is 1. The Hall–Kier alpha value is -2.10. The van der Waals surface area contributed by atoms with Crippen molar-refractivity contribution in [2.75, 3.05) is 13.2 Å². The zero-order valence-electron chi connectivity index (χ0n) is 13.9. The van der Waals surface area contributed by atoms with Crippen LogP contribution in [0, 0.1) is 0 Å². The molecule has 0 atom stereocenters. The molecular weight excluding hydrogens is 376 g/mol. The maximum Gasteiger partial charge on any atom is 0.276 e. The van der Waals surface area contributed by atoms with Gasteiger partial charge >= 0.3 is 0 Å². The highest BCUT2D eigenvalue weighted by molar-refractivity contribution is 7.89. The molecule has 138 valence electrons. The maximum absolute atomic E-state index is 12.5. The maximum atomic E-state index is 12.5. The average Bonchev–Trinajstić information content (AvgIpc) is 3.14. The minimum absolute atomic E-state index is 0.00396. The molecule has 2 aromatic rings. The van der Waals surface area contributed by atoms with E-state index in [1.165, 1.54) is 33.9 Å². The van der Waals surface area contributed by atoms with Crippen molar-refractivity contribution in [3.8, 4) is 11.5 Å². The van der Waals surface area contributed by atoms with Gasteiger partial charge in [0.2, 0.25) is 0 Å². The molecule has 0 saturated heterocycles. The molecule has 1 amide bonds. The molecule has 7 nitrogen and oxygen atoms in total. The predicted molar refractivity (Wildman–Crippen MR) is 96.2 cm³/mol. The first-order valence-corrected chi connectivity index (χ1v) is 10.7. The van der Waals surface area contributed by atoms with Gasteiger partial charge in [0.05, 0.1) is 23.0 Å². The van der Waals surface area contributed by atoms with Gasteiger partial charge in [-0.1, -0.05) is 0 Å². The molecule has 0 unspecified atom stereocenters. The third-order valence-electron chi connectivity index (χ3n) is 4.30. The number of rotatable bonds is 4. The van der Waals surface area contributed by atoms with E-state index >= 15 is 0 Å². The van der Waals surface area contributed by atoms with Crippen LogP contribution in [0.5, 0.6) is 11.5 Å². The van der Waals surface area contributed by atoms with Gasteiger partial charge in [0.1, 0.15) is 0 Å². The summed E-state index contributed by atoms with van der Waals surface area (Å²) in [5.41, 5.74) is 3.47. The van der Waals surface area contributed by atoms with Gasteiger partial charge in [0, 0.05) is 17.4 Å². The summed E-state index contributed by atoms with van der Waals surface area (Å²) in [7, 11) is -3.92. The Morgan fingerprint density at radius 2 is 1.85 bits per heavy atom. The second kappa shape index (κ2) is 6.90. The van der Waals surface area contributed by atoms with E-state index in [-0.39, 0.29) is 4.90 Å². The molecule has 1 aliphatic heterocycles. The molecule has 0 radical (unpaired) electrons. The van der Waals surface area contributed by atoms with Gasteiger partial charge in [-0.15, -0.1) is 16.2 Å². The Balaban J connectivity index is 1.46. The number of fused-ring (bicyclic) bond motifs is 2. The van der Waals surface area contributed by atoms with Crippen LogP contribution in [0.15, 0.2) is 29.2 Å². The number of carbonyl (C=O) groups excluding carboxylic acids is 1. The predicted octanol–water partition coefficient (Wildman–Crippen LogP) is 2.02.